The number of methoxy groups -OCH3 is 1. The number of hydrogen-bond acceptors (Lipinski definition) is 4. The van der Waals surface area contributed by atoms with Gasteiger partial charge in [0.2, 0.25) is 0 Å². The first-order valence-corrected chi connectivity index (χ1v) is 4.70. The van der Waals surface area contributed by atoms with Crippen LogP contribution in [-0.4, -0.2) is 31.5 Å². The molecule has 16 heavy (non-hydrogen) atoms. The van der Waals surface area contributed by atoms with Gasteiger partial charge in [0.25, 0.3) is 0 Å². The van der Waals surface area contributed by atoms with Crippen molar-refractivity contribution in [3.05, 3.63) is 23.8 Å². The van der Waals surface area contributed by atoms with Crippen LogP contribution in [0.2, 0.25) is 0 Å². The molecule has 0 aromatic heterocycles. The van der Waals surface area contributed by atoms with E-state index in [0.29, 0.717) is 0 Å². The van der Waals surface area contributed by atoms with Crippen molar-refractivity contribution in [2.24, 2.45) is 0 Å². The summed E-state index contributed by atoms with van der Waals surface area (Å²) < 4.78 is 30.8. The average molecular weight is 232 g/mol. The second-order valence-corrected chi connectivity index (χ2v) is 3.32. The molecule has 0 aliphatic rings. The third-order valence-corrected chi connectivity index (χ3v) is 2.00. The Balaban J connectivity index is 2.70. The fourth-order valence-corrected chi connectivity index (χ4v) is 1.22. The molecule has 1 aromatic rings. The van der Waals surface area contributed by atoms with Crippen molar-refractivity contribution in [2.75, 3.05) is 31.3 Å². The number of benzene rings is 1. The molecule has 90 valence electrons. The maximum Gasteiger partial charge on any atom is 0.183 e. The molecule has 0 radical (unpaired) electrons. The average Bonchev–Trinajstić information content (AvgIpc) is 2.24. The molecule has 0 saturated carbocycles. The van der Waals surface area contributed by atoms with E-state index in [1.807, 2.05) is 0 Å². The molecule has 6 heteroatoms. The van der Waals surface area contributed by atoms with Gasteiger partial charge >= 0.3 is 0 Å². The molecule has 0 fully saturated rings. The summed E-state index contributed by atoms with van der Waals surface area (Å²) in [4.78, 5) is 0. The van der Waals surface area contributed by atoms with E-state index in [9.17, 15) is 13.9 Å². The first-order chi connectivity index (χ1) is 7.56. The minimum Gasteiger partial charge on any atom is -0.397 e. The van der Waals surface area contributed by atoms with Gasteiger partial charge in [0, 0.05) is 13.7 Å². The topological polar surface area (TPSA) is 67.5 Å². The number of hydrogen-bond donors (Lipinski definition) is 3. The Morgan fingerprint density at radius 1 is 1.50 bits per heavy atom. The number of rotatable bonds is 5. The number of nitrogens with one attached hydrogen (secondary N) is 1. The van der Waals surface area contributed by atoms with Gasteiger partial charge in [0.15, 0.2) is 11.6 Å². The van der Waals surface area contributed by atoms with Crippen LogP contribution in [0.5, 0.6) is 0 Å². The number of halogens is 2. The van der Waals surface area contributed by atoms with Gasteiger partial charge in [-0.25, -0.2) is 8.78 Å². The Hall–Kier alpha value is -1.40. The van der Waals surface area contributed by atoms with Gasteiger partial charge in [-0.2, -0.15) is 0 Å². The van der Waals surface area contributed by atoms with E-state index in [0.717, 1.165) is 6.07 Å². The summed E-state index contributed by atoms with van der Waals surface area (Å²) in [7, 11) is 1.43. The summed E-state index contributed by atoms with van der Waals surface area (Å²) in [5.74, 6) is -2.04. The first kappa shape index (κ1) is 12.7. The highest BCUT2D eigenvalue weighted by Crippen LogP contribution is 2.24. The van der Waals surface area contributed by atoms with Gasteiger partial charge in [0.05, 0.1) is 24.1 Å². The first-order valence-electron chi connectivity index (χ1n) is 4.70. The Bertz CT molecular complexity index is 361. The number of aliphatic hydroxyl groups is 1. The van der Waals surface area contributed by atoms with Crippen molar-refractivity contribution < 1.29 is 18.6 Å². The zero-order valence-corrected chi connectivity index (χ0v) is 8.84. The highest BCUT2D eigenvalue weighted by atomic mass is 19.2. The van der Waals surface area contributed by atoms with Crippen molar-refractivity contribution in [3.63, 3.8) is 0 Å². The minimum absolute atomic E-state index is 0.0262. The zero-order valence-electron chi connectivity index (χ0n) is 8.84. The summed E-state index contributed by atoms with van der Waals surface area (Å²) in [5, 5.41) is 11.9. The Kier molecular flexibility index (Phi) is 4.45. The second-order valence-electron chi connectivity index (χ2n) is 3.32. The van der Waals surface area contributed by atoms with E-state index in [1.165, 1.54) is 13.2 Å². The van der Waals surface area contributed by atoms with Gasteiger partial charge < -0.3 is 20.9 Å². The van der Waals surface area contributed by atoms with E-state index in [2.05, 4.69) is 10.1 Å². The lowest BCUT2D eigenvalue weighted by molar-refractivity contribution is 0.0727. The molecular formula is C10H14F2N2O2. The third-order valence-electron chi connectivity index (χ3n) is 2.00. The van der Waals surface area contributed by atoms with Crippen LogP contribution < -0.4 is 11.1 Å². The molecule has 0 amide bonds. The molecule has 1 aromatic carbocycles. The fourth-order valence-electron chi connectivity index (χ4n) is 1.22. The summed E-state index contributed by atoms with van der Waals surface area (Å²) in [6.07, 6.45) is -0.813. The summed E-state index contributed by atoms with van der Waals surface area (Å²) >= 11 is 0. The quantitative estimate of drug-likeness (QED) is 0.662. The predicted molar refractivity (Wildman–Crippen MR) is 57.1 cm³/mol. The van der Waals surface area contributed by atoms with E-state index in [-0.39, 0.29) is 24.5 Å². The Morgan fingerprint density at radius 3 is 2.81 bits per heavy atom. The minimum atomic E-state index is -1.05. The molecule has 0 spiro atoms. The van der Waals surface area contributed by atoms with Crippen molar-refractivity contribution in [1.82, 2.24) is 0 Å². The lowest BCUT2D eigenvalue weighted by Gasteiger charge is -2.14. The van der Waals surface area contributed by atoms with Crippen LogP contribution in [0.3, 0.4) is 0 Å². The molecule has 1 unspecified atom stereocenters. The molecule has 4 nitrogen and oxygen atoms in total. The van der Waals surface area contributed by atoms with Crippen LogP contribution in [0.4, 0.5) is 20.2 Å². The number of anilines is 2. The van der Waals surface area contributed by atoms with Crippen molar-refractivity contribution >= 4 is 11.4 Å². The monoisotopic (exact) mass is 232 g/mol. The van der Waals surface area contributed by atoms with Gasteiger partial charge in [-0.3, -0.25) is 0 Å². The summed E-state index contributed by atoms with van der Waals surface area (Å²) in [6.45, 7) is 0.127. The standard InChI is InChI=1S/C10H14F2N2O2/c1-16-5-6(15)4-14-10-8(13)3-2-7(11)9(10)12/h2-3,6,14-15H,4-5,13H2,1H3. The smallest absolute Gasteiger partial charge is 0.183 e. The normalized spacial score (nSPS) is 12.5. The highest BCUT2D eigenvalue weighted by molar-refractivity contribution is 5.66. The SMILES string of the molecule is COCC(O)CNc1c(N)ccc(F)c1F. The van der Waals surface area contributed by atoms with Crippen LogP contribution >= 0.6 is 0 Å². The van der Waals surface area contributed by atoms with Gasteiger partial charge in [-0.15, -0.1) is 0 Å². The highest BCUT2D eigenvalue weighted by Gasteiger charge is 2.12. The van der Waals surface area contributed by atoms with Crippen molar-refractivity contribution in [2.45, 2.75) is 6.10 Å². The molecular weight excluding hydrogens is 218 g/mol. The molecule has 1 atom stereocenters. The maximum absolute atomic E-state index is 13.3. The molecule has 0 heterocycles. The molecule has 4 N–H and O–H groups in total. The number of nitrogen functional groups attached to an aromatic ring is 1. The van der Waals surface area contributed by atoms with Crippen molar-refractivity contribution in [3.8, 4) is 0 Å². The van der Waals surface area contributed by atoms with E-state index >= 15 is 0 Å². The number of aliphatic hydroxyl groups excluding tert-OH is 1. The van der Waals surface area contributed by atoms with Crippen LogP contribution in [0.1, 0.15) is 0 Å². The van der Waals surface area contributed by atoms with Crippen LogP contribution in [0, 0.1) is 11.6 Å². The Labute approximate surface area is 92.0 Å². The molecule has 0 bridgehead atoms. The summed E-state index contributed by atoms with van der Waals surface area (Å²) in [6, 6.07) is 2.20. The molecule has 0 saturated heterocycles. The van der Waals surface area contributed by atoms with E-state index in [4.69, 9.17) is 5.73 Å². The third kappa shape index (κ3) is 3.04. The van der Waals surface area contributed by atoms with Crippen LogP contribution in [-0.2, 0) is 4.74 Å². The zero-order chi connectivity index (χ0) is 12.1. The van der Waals surface area contributed by atoms with E-state index in [1.54, 1.807) is 0 Å². The van der Waals surface area contributed by atoms with Crippen LogP contribution in [0.15, 0.2) is 12.1 Å². The van der Waals surface area contributed by atoms with Gasteiger partial charge in [-0.1, -0.05) is 0 Å². The van der Waals surface area contributed by atoms with Gasteiger partial charge in [0.1, 0.15) is 0 Å². The van der Waals surface area contributed by atoms with Crippen molar-refractivity contribution in [1.29, 1.82) is 0 Å². The van der Waals surface area contributed by atoms with Crippen LogP contribution in [0.25, 0.3) is 0 Å². The molecule has 0 aliphatic heterocycles. The lowest BCUT2D eigenvalue weighted by atomic mass is 10.2. The molecule has 0 aliphatic carbocycles. The molecule has 1 rings (SSSR count). The summed E-state index contributed by atoms with van der Waals surface area (Å²) in [5.41, 5.74) is 5.41. The fraction of sp³-hybridized carbons (Fsp3) is 0.400. The number of nitrogens with two attached hydrogens (primary N) is 1. The second kappa shape index (κ2) is 5.62. The van der Waals surface area contributed by atoms with Gasteiger partial charge in [-0.05, 0) is 12.1 Å². The Morgan fingerprint density at radius 2 is 2.19 bits per heavy atom. The number of ether oxygens (including phenoxy) is 1. The predicted octanol–water partition coefficient (Wildman–Crippen LogP) is 0.966. The lowest BCUT2D eigenvalue weighted by Crippen LogP contribution is -2.25. The largest absolute Gasteiger partial charge is 0.397 e. The maximum atomic E-state index is 13.3. The van der Waals surface area contributed by atoms with E-state index < -0.39 is 17.7 Å².